The summed E-state index contributed by atoms with van der Waals surface area (Å²) >= 11 is 5.65. The van der Waals surface area contributed by atoms with E-state index in [1.165, 1.54) is 0 Å². The number of rotatable bonds is 3. The Kier molecular flexibility index (Phi) is 3.72. The zero-order chi connectivity index (χ0) is 8.97. The van der Waals surface area contributed by atoms with E-state index in [4.69, 9.17) is 16.7 Å². The topological polar surface area (TPSA) is 37.3 Å². The largest absolute Gasteiger partial charge is 0.395 e. The molecule has 0 aliphatic rings. The lowest BCUT2D eigenvalue weighted by molar-refractivity contribution is 0.321. The van der Waals surface area contributed by atoms with Crippen molar-refractivity contribution < 1.29 is 9.32 Å². The van der Waals surface area contributed by atoms with E-state index >= 15 is 0 Å². The van der Waals surface area contributed by atoms with Gasteiger partial charge in [-0.15, -0.1) is 0 Å². The van der Waals surface area contributed by atoms with Crippen molar-refractivity contribution in [2.45, 2.75) is 4.90 Å². The second-order valence-corrected chi connectivity index (χ2v) is 4.23. The Morgan fingerprint density at radius 1 is 1.33 bits per heavy atom. The van der Waals surface area contributed by atoms with E-state index in [1.807, 2.05) is 0 Å². The first-order valence-corrected chi connectivity index (χ1v) is 5.18. The van der Waals surface area contributed by atoms with Crippen LogP contribution in [0.2, 0.25) is 5.02 Å². The fourth-order valence-electron chi connectivity index (χ4n) is 0.787. The van der Waals surface area contributed by atoms with E-state index in [2.05, 4.69) is 0 Å². The monoisotopic (exact) mass is 204 g/mol. The number of hydrogen-bond donors (Lipinski definition) is 1. The van der Waals surface area contributed by atoms with E-state index in [0.717, 1.165) is 0 Å². The van der Waals surface area contributed by atoms with Gasteiger partial charge in [0.15, 0.2) is 0 Å². The summed E-state index contributed by atoms with van der Waals surface area (Å²) in [6, 6.07) is 6.78. The number of halogens is 1. The quantitative estimate of drug-likeness (QED) is 0.809. The van der Waals surface area contributed by atoms with E-state index < -0.39 is 10.8 Å². The summed E-state index contributed by atoms with van der Waals surface area (Å²) in [5.74, 6) is 0.279. The average Bonchev–Trinajstić information content (AvgIpc) is 2.06. The fraction of sp³-hybridized carbons (Fsp3) is 0.250. The van der Waals surface area contributed by atoms with Gasteiger partial charge in [0, 0.05) is 9.92 Å². The van der Waals surface area contributed by atoms with E-state index in [0.29, 0.717) is 9.92 Å². The highest BCUT2D eigenvalue weighted by Crippen LogP contribution is 2.12. The zero-order valence-electron chi connectivity index (χ0n) is 6.37. The summed E-state index contributed by atoms with van der Waals surface area (Å²) in [5, 5.41) is 9.16. The van der Waals surface area contributed by atoms with Crippen LogP contribution < -0.4 is 0 Å². The van der Waals surface area contributed by atoms with Gasteiger partial charge in [-0.3, -0.25) is 4.21 Å². The van der Waals surface area contributed by atoms with Crippen LogP contribution in [-0.2, 0) is 10.8 Å². The molecule has 1 N–H and O–H groups in total. The maximum Gasteiger partial charge on any atom is 0.0552 e. The number of hydrogen-bond acceptors (Lipinski definition) is 2. The molecule has 0 spiro atoms. The van der Waals surface area contributed by atoms with Gasteiger partial charge in [-0.25, -0.2) is 0 Å². The predicted molar refractivity (Wildman–Crippen MR) is 49.8 cm³/mol. The average molecular weight is 205 g/mol. The third-order valence-corrected chi connectivity index (χ3v) is 2.96. The molecule has 0 amide bonds. The van der Waals surface area contributed by atoms with Crippen molar-refractivity contribution in [1.82, 2.24) is 0 Å². The maximum absolute atomic E-state index is 11.3. The Balaban J connectivity index is 2.75. The van der Waals surface area contributed by atoms with E-state index in [1.54, 1.807) is 24.3 Å². The van der Waals surface area contributed by atoms with Crippen LogP contribution in [0.1, 0.15) is 0 Å². The SMILES string of the molecule is O=S(CCO)c1ccc(Cl)cc1. The van der Waals surface area contributed by atoms with Crippen molar-refractivity contribution >= 4 is 22.4 Å². The molecular weight excluding hydrogens is 196 g/mol. The molecule has 1 rings (SSSR count). The summed E-state index contributed by atoms with van der Waals surface area (Å²) in [4.78, 5) is 0.702. The summed E-state index contributed by atoms with van der Waals surface area (Å²) in [6.07, 6.45) is 0. The van der Waals surface area contributed by atoms with Gasteiger partial charge in [-0.05, 0) is 24.3 Å². The Bertz CT molecular complexity index is 271. The van der Waals surface area contributed by atoms with Crippen molar-refractivity contribution in [3.8, 4) is 0 Å². The number of aliphatic hydroxyl groups is 1. The van der Waals surface area contributed by atoms with Crippen LogP contribution in [0.3, 0.4) is 0 Å². The van der Waals surface area contributed by atoms with Crippen LogP contribution in [0, 0.1) is 0 Å². The molecule has 0 bridgehead atoms. The molecule has 0 fully saturated rings. The molecule has 1 unspecified atom stereocenters. The summed E-state index contributed by atoms with van der Waals surface area (Å²) in [6.45, 7) is -0.0603. The van der Waals surface area contributed by atoms with Gasteiger partial charge in [0.25, 0.3) is 0 Å². The molecule has 1 aromatic rings. The Labute approximate surface area is 78.6 Å². The van der Waals surface area contributed by atoms with Crippen LogP contribution in [0.25, 0.3) is 0 Å². The summed E-state index contributed by atoms with van der Waals surface area (Å²) in [5.41, 5.74) is 0. The summed E-state index contributed by atoms with van der Waals surface area (Å²) in [7, 11) is -1.10. The molecule has 0 saturated heterocycles. The van der Waals surface area contributed by atoms with Crippen LogP contribution in [0.5, 0.6) is 0 Å². The molecule has 4 heteroatoms. The second-order valence-electron chi connectivity index (χ2n) is 2.23. The van der Waals surface area contributed by atoms with Crippen LogP contribution in [-0.4, -0.2) is 21.7 Å². The van der Waals surface area contributed by atoms with Crippen molar-refractivity contribution in [2.75, 3.05) is 12.4 Å². The minimum Gasteiger partial charge on any atom is -0.395 e. The highest BCUT2D eigenvalue weighted by molar-refractivity contribution is 7.85. The second kappa shape index (κ2) is 4.60. The highest BCUT2D eigenvalue weighted by Gasteiger charge is 2.01. The molecule has 2 nitrogen and oxygen atoms in total. The molecule has 0 aliphatic heterocycles. The van der Waals surface area contributed by atoms with Crippen molar-refractivity contribution in [3.05, 3.63) is 29.3 Å². The van der Waals surface area contributed by atoms with E-state index in [-0.39, 0.29) is 12.4 Å². The van der Waals surface area contributed by atoms with Crippen molar-refractivity contribution in [3.63, 3.8) is 0 Å². The Hall–Kier alpha value is -0.380. The van der Waals surface area contributed by atoms with Gasteiger partial charge >= 0.3 is 0 Å². The molecule has 0 aromatic heterocycles. The van der Waals surface area contributed by atoms with Gasteiger partial charge in [-0.2, -0.15) is 0 Å². The molecule has 1 atom stereocenters. The van der Waals surface area contributed by atoms with Gasteiger partial charge in [0.1, 0.15) is 0 Å². The van der Waals surface area contributed by atoms with Crippen molar-refractivity contribution in [1.29, 1.82) is 0 Å². The highest BCUT2D eigenvalue weighted by atomic mass is 35.5. The Morgan fingerprint density at radius 2 is 1.92 bits per heavy atom. The van der Waals surface area contributed by atoms with Crippen LogP contribution in [0.15, 0.2) is 29.2 Å². The normalized spacial score (nSPS) is 12.8. The van der Waals surface area contributed by atoms with Gasteiger partial charge in [0.2, 0.25) is 0 Å². The molecule has 0 heterocycles. The van der Waals surface area contributed by atoms with Gasteiger partial charge in [-0.1, -0.05) is 11.6 Å². The lowest BCUT2D eigenvalue weighted by Crippen LogP contribution is -2.01. The van der Waals surface area contributed by atoms with Gasteiger partial charge < -0.3 is 5.11 Å². The van der Waals surface area contributed by atoms with E-state index in [9.17, 15) is 4.21 Å². The maximum atomic E-state index is 11.3. The third-order valence-electron chi connectivity index (χ3n) is 1.35. The molecular formula is C8H9ClO2S. The van der Waals surface area contributed by atoms with Gasteiger partial charge in [0.05, 0.1) is 23.2 Å². The molecule has 0 saturated carbocycles. The Morgan fingerprint density at radius 3 is 2.42 bits per heavy atom. The smallest absolute Gasteiger partial charge is 0.0552 e. The molecule has 66 valence electrons. The first-order chi connectivity index (χ1) is 5.74. The fourth-order valence-corrected chi connectivity index (χ4v) is 1.75. The molecule has 12 heavy (non-hydrogen) atoms. The molecule has 0 aliphatic carbocycles. The predicted octanol–water partition coefficient (Wildman–Crippen LogP) is 1.44. The molecule has 1 aromatic carbocycles. The van der Waals surface area contributed by atoms with Crippen LogP contribution >= 0.6 is 11.6 Å². The minimum atomic E-state index is -1.10. The summed E-state index contributed by atoms with van der Waals surface area (Å²) < 4.78 is 11.3. The van der Waals surface area contributed by atoms with Crippen molar-refractivity contribution in [2.24, 2.45) is 0 Å². The lowest BCUT2D eigenvalue weighted by atomic mass is 10.4. The standard InChI is InChI=1S/C8H9ClO2S/c9-7-1-3-8(4-2-7)12(11)6-5-10/h1-4,10H,5-6H2. The zero-order valence-corrected chi connectivity index (χ0v) is 7.94. The van der Waals surface area contributed by atoms with Crippen LogP contribution in [0.4, 0.5) is 0 Å². The third kappa shape index (κ3) is 2.59. The first kappa shape index (κ1) is 9.71. The number of aliphatic hydroxyl groups excluding tert-OH is 1. The number of benzene rings is 1. The molecule has 0 radical (unpaired) electrons. The lowest BCUT2D eigenvalue weighted by Gasteiger charge is -1.98. The first-order valence-electron chi connectivity index (χ1n) is 3.49. The minimum absolute atomic E-state index is 0.0603.